The van der Waals surface area contributed by atoms with Gasteiger partial charge in [-0.05, 0) is 18.2 Å². The fraction of sp³-hybridized carbons (Fsp3) is 0.0833. The number of alkyl halides is 3. The maximum absolute atomic E-state index is 12.6. The van der Waals surface area contributed by atoms with Gasteiger partial charge in [-0.3, -0.25) is 0 Å². The molecule has 1 aromatic carbocycles. The Kier molecular flexibility index (Phi) is 4.60. The molecule has 0 bridgehead atoms. The van der Waals surface area contributed by atoms with Gasteiger partial charge in [-0.15, -0.1) is 12.4 Å². The lowest BCUT2D eigenvalue weighted by molar-refractivity contribution is -0.141. The topological polar surface area (TPSA) is 78.9 Å². The molecule has 1 heterocycles. The molecule has 2 aromatic rings. The first-order valence-corrected chi connectivity index (χ1v) is 5.24. The van der Waals surface area contributed by atoms with E-state index in [1.807, 2.05) is 6.07 Å². The quantitative estimate of drug-likeness (QED) is 0.923. The molecular weight excluding hydrogens is 311 g/mol. The van der Waals surface area contributed by atoms with Gasteiger partial charge in [-0.25, -0.2) is 9.48 Å². The standard InChI is InChI=1S/C12H6F3N3O2.ClH/c13-12(14,15)10-5-9(11(19)20)18(17-10)8-3-1-2-7(4-8)6-16;/h1-5H,(H,19,20);1H. The number of nitriles is 1. The van der Waals surface area contributed by atoms with Gasteiger partial charge in [0.1, 0.15) is 0 Å². The van der Waals surface area contributed by atoms with Crippen LogP contribution in [0.25, 0.3) is 5.69 Å². The summed E-state index contributed by atoms with van der Waals surface area (Å²) in [6.45, 7) is 0. The number of aromatic nitrogens is 2. The molecule has 0 saturated heterocycles. The molecule has 0 fully saturated rings. The molecule has 21 heavy (non-hydrogen) atoms. The zero-order chi connectivity index (χ0) is 14.9. The maximum atomic E-state index is 12.6. The monoisotopic (exact) mass is 317 g/mol. The average Bonchev–Trinajstić information content (AvgIpc) is 2.84. The van der Waals surface area contributed by atoms with Crippen LogP contribution in [0.1, 0.15) is 21.7 Å². The number of hydrogen-bond donors (Lipinski definition) is 1. The largest absolute Gasteiger partial charge is 0.477 e. The number of hydrogen-bond acceptors (Lipinski definition) is 3. The van der Waals surface area contributed by atoms with Crippen molar-refractivity contribution in [2.45, 2.75) is 6.18 Å². The average molecular weight is 318 g/mol. The fourth-order valence-electron chi connectivity index (χ4n) is 1.58. The molecule has 0 aliphatic rings. The summed E-state index contributed by atoms with van der Waals surface area (Å²) in [5, 5.41) is 20.9. The SMILES string of the molecule is Cl.N#Cc1cccc(-n2nc(C(F)(F)F)cc2C(=O)O)c1. The summed E-state index contributed by atoms with van der Waals surface area (Å²) in [5.74, 6) is -1.55. The zero-order valence-corrected chi connectivity index (χ0v) is 10.9. The van der Waals surface area contributed by atoms with Gasteiger partial charge in [0.05, 0.1) is 17.3 Å². The highest BCUT2D eigenvalue weighted by Crippen LogP contribution is 2.29. The van der Waals surface area contributed by atoms with Crippen molar-refractivity contribution in [3.8, 4) is 11.8 Å². The number of aromatic carboxylic acids is 1. The molecular formula is C12H7ClF3N3O2. The van der Waals surface area contributed by atoms with Gasteiger partial charge in [0.15, 0.2) is 11.4 Å². The minimum atomic E-state index is -4.75. The van der Waals surface area contributed by atoms with Crippen molar-refractivity contribution in [1.82, 2.24) is 9.78 Å². The smallest absolute Gasteiger partial charge is 0.435 e. The third kappa shape index (κ3) is 3.32. The van der Waals surface area contributed by atoms with Gasteiger partial charge < -0.3 is 5.11 Å². The number of rotatable bonds is 2. The first-order chi connectivity index (χ1) is 9.32. The molecule has 1 N–H and O–H groups in total. The van der Waals surface area contributed by atoms with Gasteiger partial charge >= 0.3 is 12.1 Å². The highest BCUT2D eigenvalue weighted by atomic mass is 35.5. The molecule has 0 aliphatic carbocycles. The number of carbonyl (C=O) groups is 1. The van der Waals surface area contributed by atoms with Gasteiger partial charge in [0.25, 0.3) is 0 Å². The predicted molar refractivity (Wildman–Crippen MR) is 67.5 cm³/mol. The lowest BCUT2D eigenvalue weighted by Gasteiger charge is -2.04. The minimum absolute atomic E-state index is 0. The van der Waals surface area contributed by atoms with Gasteiger partial charge in [-0.2, -0.15) is 23.5 Å². The highest BCUT2D eigenvalue weighted by molar-refractivity contribution is 5.86. The summed E-state index contributed by atoms with van der Waals surface area (Å²) >= 11 is 0. The third-order valence-corrected chi connectivity index (χ3v) is 2.44. The number of benzene rings is 1. The van der Waals surface area contributed by atoms with E-state index in [9.17, 15) is 18.0 Å². The molecule has 2 rings (SSSR count). The van der Waals surface area contributed by atoms with Crippen molar-refractivity contribution < 1.29 is 23.1 Å². The van der Waals surface area contributed by atoms with Crippen LogP contribution in [0.4, 0.5) is 13.2 Å². The Morgan fingerprint density at radius 3 is 2.52 bits per heavy atom. The van der Waals surface area contributed by atoms with Crippen molar-refractivity contribution in [2.75, 3.05) is 0 Å². The molecule has 9 heteroatoms. The van der Waals surface area contributed by atoms with Crippen LogP contribution in [-0.2, 0) is 6.18 Å². The minimum Gasteiger partial charge on any atom is -0.477 e. The molecule has 0 unspecified atom stereocenters. The number of nitrogens with zero attached hydrogens (tertiary/aromatic N) is 3. The van der Waals surface area contributed by atoms with Gasteiger partial charge in [-0.1, -0.05) is 6.07 Å². The van der Waals surface area contributed by atoms with Crippen molar-refractivity contribution in [1.29, 1.82) is 5.26 Å². The van der Waals surface area contributed by atoms with Crippen molar-refractivity contribution in [3.63, 3.8) is 0 Å². The normalized spacial score (nSPS) is 10.6. The van der Waals surface area contributed by atoms with E-state index in [0.29, 0.717) is 10.7 Å². The second-order valence-electron chi connectivity index (χ2n) is 3.79. The van der Waals surface area contributed by atoms with E-state index >= 15 is 0 Å². The van der Waals surface area contributed by atoms with Gasteiger partial charge in [0, 0.05) is 6.07 Å². The summed E-state index contributed by atoms with van der Waals surface area (Å²) in [4.78, 5) is 11.0. The van der Waals surface area contributed by atoms with E-state index in [4.69, 9.17) is 10.4 Å². The van der Waals surface area contributed by atoms with Crippen molar-refractivity contribution >= 4 is 18.4 Å². The fourth-order valence-corrected chi connectivity index (χ4v) is 1.58. The molecule has 0 amide bonds. The summed E-state index contributed by atoms with van der Waals surface area (Å²) < 4.78 is 38.4. The number of halogens is 4. The van der Waals surface area contributed by atoms with Crippen LogP contribution >= 0.6 is 12.4 Å². The molecule has 0 spiro atoms. The van der Waals surface area contributed by atoms with Crippen LogP contribution in [-0.4, -0.2) is 20.9 Å². The molecule has 1 aromatic heterocycles. The van der Waals surface area contributed by atoms with Crippen molar-refractivity contribution in [2.24, 2.45) is 0 Å². The zero-order valence-electron chi connectivity index (χ0n) is 10.1. The first kappa shape index (κ1) is 16.5. The van der Waals surface area contributed by atoms with E-state index in [1.165, 1.54) is 24.3 Å². The van der Waals surface area contributed by atoms with Crippen LogP contribution in [0.15, 0.2) is 30.3 Å². The van der Waals surface area contributed by atoms with Crippen LogP contribution < -0.4 is 0 Å². The van der Waals surface area contributed by atoms with E-state index in [-0.39, 0.29) is 23.7 Å². The lowest BCUT2D eigenvalue weighted by Crippen LogP contribution is -2.09. The van der Waals surface area contributed by atoms with E-state index < -0.39 is 23.5 Å². The Hall–Kier alpha value is -2.53. The Morgan fingerprint density at radius 1 is 1.33 bits per heavy atom. The summed E-state index contributed by atoms with van der Waals surface area (Å²) in [6, 6.07) is 7.74. The lowest BCUT2D eigenvalue weighted by atomic mass is 10.2. The molecule has 0 aliphatic heterocycles. The molecule has 0 atom stereocenters. The second-order valence-corrected chi connectivity index (χ2v) is 3.79. The first-order valence-electron chi connectivity index (χ1n) is 5.24. The second kappa shape index (κ2) is 5.85. The Labute approximate surface area is 122 Å². The van der Waals surface area contributed by atoms with E-state index in [1.54, 1.807) is 0 Å². The van der Waals surface area contributed by atoms with Crippen LogP contribution in [0, 0.1) is 11.3 Å². The number of carboxylic acids is 1. The Morgan fingerprint density at radius 2 is 2.00 bits per heavy atom. The Balaban J connectivity index is 0.00000220. The van der Waals surface area contributed by atoms with Gasteiger partial charge in [0.2, 0.25) is 0 Å². The van der Waals surface area contributed by atoms with Crippen LogP contribution in [0.2, 0.25) is 0 Å². The predicted octanol–water partition coefficient (Wildman–Crippen LogP) is 2.88. The van der Waals surface area contributed by atoms with E-state index in [2.05, 4.69) is 5.10 Å². The molecule has 5 nitrogen and oxygen atoms in total. The van der Waals surface area contributed by atoms with Crippen LogP contribution in [0.5, 0.6) is 0 Å². The summed E-state index contributed by atoms with van der Waals surface area (Å²) in [5.41, 5.74) is -1.69. The maximum Gasteiger partial charge on any atom is 0.435 e. The number of carboxylic acid groups (broad SMARTS) is 1. The third-order valence-electron chi connectivity index (χ3n) is 2.44. The molecule has 0 saturated carbocycles. The van der Waals surface area contributed by atoms with Crippen molar-refractivity contribution in [3.05, 3.63) is 47.3 Å². The Bertz CT molecular complexity index is 719. The molecule has 110 valence electrons. The highest BCUT2D eigenvalue weighted by Gasteiger charge is 2.36. The van der Waals surface area contributed by atoms with Crippen LogP contribution in [0.3, 0.4) is 0 Å². The molecule has 0 radical (unpaired) electrons. The van der Waals surface area contributed by atoms with E-state index in [0.717, 1.165) is 0 Å². The summed E-state index contributed by atoms with van der Waals surface area (Å²) in [6.07, 6.45) is -4.75. The summed E-state index contributed by atoms with van der Waals surface area (Å²) in [7, 11) is 0.